The van der Waals surface area contributed by atoms with Crippen molar-refractivity contribution in [1.29, 1.82) is 0 Å². The predicted octanol–water partition coefficient (Wildman–Crippen LogP) is 6.52. The third-order valence-corrected chi connectivity index (χ3v) is 10.4. The standard InChI is InChI=1S/C27H41NO/c1-18(4-5-19-12-15-28-17-19)23-8-9-24-22-7-6-20-16-21(29)10-13-26(20,2)25(22)11-14-27(23,24)3/h6,12,15,17-18,21-25,28-29H,4-5,7-11,13-14,16H2,1-3H3. The van der Waals surface area contributed by atoms with Gasteiger partial charge < -0.3 is 10.1 Å². The summed E-state index contributed by atoms with van der Waals surface area (Å²) >= 11 is 0. The zero-order valence-corrected chi connectivity index (χ0v) is 18.8. The molecular weight excluding hydrogens is 354 g/mol. The Hall–Kier alpha value is -1.02. The van der Waals surface area contributed by atoms with Gasteiger partial charge in [-0.15, -0.1) is 0 Å². The molecule has 0 radical (unpaired) electrons. The number of aryl methyl sites for hydroxylation is 1. The Morgan fingerprint density at radius 2 is 2.00 bits per heavy atom. The SMILES string of the molecule is CC(CCc1cc[nH]c1)C1CCC2C3CC=C4CC(O)CCC4(C)C3CCC12C. The summed E-state index contributed by atoms with van der Waals surface area (Å²) in [6.07, 6.45) is 19.5. The van der Waals surface area contributed by atoms with Crippen LogP contribution in [0.3, 0.4) is 0 Å². The van der Waals surface area contributed by atoms with E-state index < -0.39 is 0 Å². The minimum Gasteiger partial charge on any atom is -0.393 e. The predicted molar refractivity (Wildman–Crippen MR) is 119 cm³/mol. The lowest BCUT2D eigenvalue weighted by atomic mass is 9.47. The molecule has 1 aromatic rings. The molecule has 1 aromatic heterocycles. The molecule has 160 valence electrons. The Morgan fingerprint density at radius 3 is 2.79 bits per heavy atom. The fourth-order valence-corrected chi connectivity index (χ4v) is 8.73. The number of fused-ring (bicyclic) bond motifs is 5. The van der Waals surface area contributed by atoms with Crippen molar-refractivity contribution in [2.24, 2.45) is 40.4 Å². The van der Waals surface area contributed by atoms with Crippen LogP contribution in [-0.2, 0) is 6.42 Å². The van der Waals surface area contributed by atoms with E-state index >= 15 is 0 Å². The molecule has 8 unspecified atom stereocenters. The third-order valence-electron chi connectivity index (χ3n) is 10.4. The molecule has 2 nitrogen and oxygen atoms in total. The Bertz CT molecular complexity index is 751. The molecule has 4 aliphatic carbocycles. The van der Waals surface area contributed by atoms with Crippen LogP contribution in [-0.4, -0.2) is 16.2 Å². The molecule has 0 amide bonds. The van der Waals surface area contributed by atoms with E-state index in [0.717, 1.165) is 42.4 Å². The molecule has 0 aromatic carbocycles. The van der Waals surface area contributed by atoms with E-state index in [1.807, 2.05) is 0 Å². The van der Waals surface area contributed by atoms with Crippen molar-refractivity contribution in [3.8, 4) is 0 Å². The van der Waals surface area contributed by atoms with E-state index in [1.54, 1.807) is 5.57 Å². The van der Waals surface area contributed by atoms with E-state index in [4.69, 9.17) is 0 Å². The van der Waals surface area contributed by atoms with E-state index in [0.29, 0.717) is 10.8 Å². The monoisotopic (exact) mass is 395 g/mol. The average Bonchev–Trinajstić information content (AvgIpc) is 3.34. The summed E-state index contributed by atoms with van der Waals surface area (Å²) in [5.74, 6) is 4.40. The summed E-state index contributed by atoms with van der Waals surface area (Å²) in [4.78, 5) is 3.21. The summed E-state index contributed by atoms with van der Waals surface area (Å²) in [5.41, 5.74) is 4.00. The Balaban J connectivity index is 1.33. The lowest BCUT2D eigenvalue weighted by Crippen LogP contribution is -2.50. The van der Waals surface area contributed by atoms with Crippen molar-refractivity contribution in [2.45, 2.75) is 91.1 Å². The van der Waals surface area contributed by atoms with Gasteiger partial charge >= 0.3 is 0 Å². The number of aromatic amines is 1. The molecule has 29 heavy (non-hydrogen) atoms. The Kier molecular flexibility index (Phi) is 5.01. The van der Waals surface area contributed by atoms with Crippen molar-refractivity contribution in [3.05, 3.63) is 35.7 Å². The lowest BCUT2D eigenvalue weighted by molar-refractivity contribution is -0.0571. The molecule has 0 aliphatic heterocycles. The number of nitrogens with one attached hydrogen (secondary N) is 1. The van der Waals surface area contributed by atoms with E-state index in [-0.39, 0.29) is 6.10 Å². The smallest absolute Gasteiger partial charge is 0.0577 e. The van der Waals surface area contributed by atoms with Crippen LogP contribution in [0.15, 0.2) is 30.1 Å². The van der Waals surface area contributed by atoms with Gasteiger partial charge in [0.25, 0.3) is 0 Å². The van der Waals surface area contributed by atoms with Crippen LogP contribution in [0.2, 0.25) is 0 Å². The molecule has 0 bridgehead atoms. The van der Waals surface area contributed by atoms with Crippen LogP contribution in [0.4, 0.5) is 0 Å². The lowest BCUT2D eigenvalue weighted by Gasteiger charge is -2.58. The molecule has 2 heteroatoms. The number of hydrogen-bond acceptors (Lipinski definition) is 1. The van der Waals surface area contributed by atoms with Crippen LogP contribution >= 0.6 is 0 Å². The molecule has 1 heterocycles. The second-order valence-corrected chi connectivity index (χ2v) is 11.6. The summed E-state index contributed by atoms with van der Waals surface area (Å²) < 4.78 is 0. The van der Waals surface area contributed by atoms with Crippen molar-refractivity contribution in [2.75, 3.05) is 0 Å². The fourth-order valence-electron chi connectivity index (χ4n) is 8.73. The number of hydrogen-bond donors (Lipinski definition) is 2. The van der Waals surface area contributed by atoms with Crippen molar-refractivity contribution < 1.29 is 5.11 Å². The van der Waals surface area contributed by atoms with Gasteiger partial charge in [0.05, 0.1) is 6.10 Å². The highest BCUT2D eigenvalue weighted by Gasteiger charge is 2.59. The number of aliphatic hydroxyl groups is 1. The van der Waals surface area contributed by atoms with Crippen LogP contribution < -0.4 is 0 Å². The number of rotatable bonds is 4. The molecule has 0 spiro atoms. The number of H-pyrrole nitrogens is 1. The van der Waals surface area contributed by atoms with Crippen LogP contribution in [0.25, 0.3) is 0 Å². The van der Waals surface area contributed by atoms with Crippen molar-refractivity contribution >= 4 is 0 Å². The number of allylic oxidation sites excluding steroid dienone is 1. The van der Waals surface area contributed by atoms with E-state index in [9.17, 15) is 5.11 Å². The van der Waals surface area contributed by atoms with Gasteiger partial charge in [0, 0.05) is 12.4 Å². The summed E-state index contributed by atoms with van der Waals surface area (Å²) in [6.45, 7) is 7.76. The largest absolute Gasteiger partial charge is 0.393 e. The first-order valence-corrected chi connectivity index (χ1v) is 12.4. The third kappa shape index (κ3) is 3.16. The molecule has 5 rings (SSSR count). The fraction of sp³-hybridized carbons (Fsp3) is 0.778. The second kappa shape index (κ2) is 7.29. The Morgan fingerprint density at radius 1 is 1.14 bits per heavy atom. The molecular formula is C27H41NO. The zero-order valence-electron chi connectivity index (χ0n) is 18.8. The van der Waals surface area contributed by atoms with E-state index in [2.05, 4.69) is 50.3 Å². The summed E-state index contributed by atoms with van der Waals surface area (Å²) in [6, 6.07) is 2.24. The molecule has 3 saturated carbocycles. The maximum absolute atomic E-state index is 10.2. The van der Waals surface area contributed by atoms with Crippen LogP contribution in [0, 0.1) is 40.4 Å². The molecule has 2 N–H and O–H groups in total. The average molecular weight is 396 g/mol. The van der Waals surface area contributed by atoms with E-state index in [1.165, 1.54) is 56.9 Å². The highest BCUT2D eigenvalue weighted by atomic mass is 16.3. The maximum atomic E-state index is 10.2. The van der Waals surface area contributed by atoms with Crippen molar-refractivity contribution in [3.63, 3.8) is 0 Å². The van der Waals surface area contributed by atoms with Gasteiger partial charge in [-0.25, -0.2) is 0 Å². The van der Waals surface area contributed by atoms with Gasteiger partial charge in [-0.3, -0.25) is 0 Å². The maximum Gasteiger partial charge on any atom is 0.0577 e. The number of aliphatic hydroxyl groups excluding tert-OH is 1. The molecule has 0 saturated heterocycles. The molecule has 4 aliphatic rings. The Labute approximate surface area is 177 Å². The number of aromatic nitrogens is 1. The van der Waals surface area contributed by atoms with Gasteiger partial charge in [-0.1, -0.05) is 32.4 Å². The molecule has 8 atom stereocenters. The normalized spacial score (nSPS) is 45.1. The van der Waals surface area contributed by atoms with Gasteiger partial charge in [0.2, 0.25) is 0 Å². The first kappa shape index (κ1) is 19.9. The minimum atomic E-state index is -0.0866. The van der Waals surface area contributed by atoms with Gasteiger partial charge in [-0.2, -0.15) is 0 Å². The van der Waals surface area contributed by atoms with Crippen LogP contribution in [0.5, 0.6) is 0 Å². The first-order chi connectivity index (χ1) is 13.9. The van der Waals surface area contributed by atoms with Gasteiger partial charge in [-0.05, 0) is 116 Å². The quantitative estimate of drug-likeness (QED) is 0.559. The topological polar surface area (TPSA) is 36.0 Å². The van der Waals surface area contributed by atoms with Crippen molar-refractivity contribution in [1.82, 2.24) is 4.98 Å². The highest BCUT2D eigenvalue weighted by Crippen LogP contribution is 2.67. The van der Waals surface area contributed by atoms with Gasteiger partial charge in [0.1, 0.15) is 0 Å². The molecule has 3 fully saturated rings. The zero-order chi connectivity index (χ0) is 20.2. The summed E-state index contributed by atoms with van der Waals surface area (Å²) in [5, 5.41) is 10.2. The van der Waals surface area contributed by atoms with Gasteiger partial charge in [0.15, 0.2) is 0 Å². The minimum absolute atomic E-state index is 0.0866. The summed E-state index contributed by atoms with van der Waals surface area (Å²) in [7, 11) is 0. The second-order valence-electron chi connectivity index (χ2n) is 11.6. The van der Waals surface area contributed by atoms with Crippen LogP contribution in [0.1, 0.15) is 84.1 Å². The highest BCUT2D eigenvalue weighted by molar-refractivity contribution is 5.25. The first-order valence-electron chi connectivity index (χ1n) is 12.4.